The predicted octanol–water partition coefficient (Wildman–Crippen LogP) is -0.485. The third-order valence-electron chi connectivity index (χ3n) is 2.26. The fraction of sp³-hybridized carbons (Fsp3) is 0.556. The average Bonchev–Trinajstić information content (AvgIpc) is 2.67. The second-order valence-electron chi connectivity index (χ2n) is 3.52. The maximum atomic E-state index is 11.8. The van der Waals surface area contributed by atoms with Crippen molar-refractivity contribution in [2.45, 2.75) is 18.6 Å². The lowest BCUT2D eigenvalue weighted by atomic mass is 10.5. The molecule has 100 valence electrons. The first-order chi connectivity index (χ1) is 8.45. The molecule has 1 aromatic rings. The van der Waals surface area contributed by atoms with E-state index in [1.807, 2.05) is 6.92 Å². The number of nitrogens with zero attached hydrogens (tertiary/aromatic N) is 4. The Morgan fingerprint density at radius 2 is 2.17 bits per heavy atom. The maximum absolute atomic E-state index is 11.8. The van der Waals surface area contributed by atoms with Crippen LogP contribution in [0.2, 0.25) is 0 Å². The maximum Gasteiger partial charge on any atom is 0.313 e. The van der Waals surface area contributed by atoms with E-state index in [0.717, 1.165) is 11.8 Å². The first-order valence-electron chi connectivity index (χ1n) is 5.23. The van der Waals surface area contributed by atoms with Crippen LogP contribution in [0.25, 0.3) is 0 Å². The summed E-state index contributed by atoms with van der Waals surface area (Å²) in [5.74, 6) is -1.16. The number of carbonyl (C=O) groups excluding carboxylic acids is 1. The van der Waals surface area contributed by atoms with Crippen LogP contribution < -0.4 is 5.73 Å². The smallest absolute Gasteiger partial charge is 0.313 e. The fourth-order valence-corrected chi connectivity index (χ4v) is 1.78. The van der Waals surface area contributed by atoms with Crippen molar-refractivity contribution in [1.82, 2.24) is 19.7 Å². The number of thioether (sulfide) groups is 1. The summed E-state index contributed by atoms with van der Waals surface area (Å²) in [5.41, 5.74) is 5.60. The highest BCUT2D eigenvalue weighted by atomic mass is 32.2. The van der Waals surface area contributed by atoms with Gasteiger partial charge in [0.1, 0.15) is 6.54 Å². The van der Waals surface area contributed by atoms with Crippen molar-refractivity contribution >= 4 is 29.6 Å². The average molecular weight is 273 g/mol. The van der Waals surface area contributed by atoms with Gasteiger partial charge in [-0.15, -0.1) is 10.2 Å². The minimum atomic E-state index is -0.967. The summed E-state index contributed by atoms with van der Waals surface area (Å²) in [4.78, 5) is 23.8. The topological polar surface area (TPSA) is 114 Å². The molecule has 0 unspecified atom stereocenters. The van der Waals surface area contributed by atoms with E-state index in [-0.39, 0.29) is 24.2 Å². The summed E-state index contributed by atoms with van der Waals surface area (Å²) in [7, 11) is 1.67. The Labute approximate surface area is 108 Å². The lowest BCUT2D eigenvalue weighted by Gasteiger charge is -2.15. The number of carboxylic acid groups (broad SMARTS) is 1. The molecule has 0 atom stereocenters. The van der Waals surface area contributed by atoms with Crippen LogP contribution in [0.5, 0.6) is 0 Å². The van der Waals surface area contributed by atoms with E-state index in [4.69, 9.17) is 10.8 Å². The van der Waals surface area contributed by atoms with Crippen molar-refractivity contribution in [3.8, 4) is 0 Å². The highest BCUT2D eigenvalue weighted by Gasteiger charge is 2.16. The lowest BCUT2D eigenvalue weighted by molar-refractivity contribution is -0.134. The van der Waals surface area contributed by atoms with Gasteiger partial charge in [0.05, 0.1) is 5.75 Å². The quantitative estimate of drug-likeness (QED) is 0.672. The van der Waals surface area contributed by atoms with Gasteiger partial charge in [0.2, 0.25) is 11.9 Å². The zero-order valence-electron chi connectivity index (χ0n) is 10.2. The standard InChI is InChI=1S/C9H15N5O3S/c1-3-13(2)6(15)4-14-8(10)11-12-9(14)18-5-7(16)17/h3-5H2,1-2H3,(H2,10,11)(H,16,17). The van der Waals surface area contributed by atoms with Gasteiger partial charge in [0, 0.05) is 13.6 Å². The van der Waals surface area contributed by atoms with Gasteiger partial charge in [-0.3, -0.25) is 14.2 Å². The molecule has 0 saturated heterocycles. The lowest BCUT2D eigenvalue weighted by Crippen LogP contribution is -2.30. The summed E-state index contributed by atoms with van der Waals surface area (Å²) in [6.45, 7) is 2.44. The number of aliphatic carboxylic acids is 1. The van der Waals surface area contributed by atoms with Crippen LogP contribution in [0.3, 0.4) is 0 Å². The van der Waals surface area contributed by atoms with Crippen LogP contribution in [0.1, 0.15) is 6.92 Å². The Bertz CT molecular complexity index is 447. The van der Waals surface area contributed by atoms with Crippen molar-refractivity contribution in [1.29, 1.82) is 0 Å². The summed E-state index contributed by atoms with van der Waals surface area (Å²) >= 11 is 0.976. The highest BCUT2D eigenvalue weighted by Crippen LogP contribution is 2.17. The SMILES string of the molecule is CCN(C)C(=O)Cn1c(N)nnc1SCC(=O)O. The Balaban J connectivity index is 2.78. The van der Waals surface area contributed by atoms with Crippen LogP contribution in [0.4, 0.5) is 5.95 Å². The molecular formula is C9H15N5O3S. The fourth-order valence-electron chi connectivity index (χ4n) is 1.11. The summed E-state index contributed by atoms with van der Waals surface area (Å²) in [6, 6.07) is 0. The Hall–Kier alpha value is -1.77. The van der Waals surface area contributed by atoms with Gasteiger partial charge in [-0.1, -0.05) is 11.8 Å². The molecule has 8 nitrogen and oxygen atoms in total. The Morgan fingerprint density at radius 3 is 2.72 bits per heavy atom. The van der Waals surface area contributed by atoms with Crippen LogP contribution in [0.15, 0.2) is 5.16 Å². The number of anilines is 1. The molecule has 0 aliphatic heterocycles. The molecule has 1 amide bonds. The number of hydrogen-bond donors (Lipinski definition) is 2. The van der Waals surface area contributed by atoms with Gasteiger partial charge in [0.25, 0.3) is 0 Å². The van der Waals surface area contributed by atoms with E-state index < -0.39 is 5.97 Å². The van der Waals surface area contributed by atoms with Crippen molar-refractivity contribution in [2.24, 2.45) is 0 Å². The zero-order valence-corrected chi connectivity index (χ0v) is 11.0. The zero-order chi connectivity index (χ0) is 13.7. The van der Waals surface area contributed by atoms with E-state index in [2.05, 4.69) is 10.2 Å². The molecule has 0 radical (unpaired) electrons. The number of rotatable bonds is 6. The molecule has 0 aromatic carbocycles. The number of likely N-dealkylation sites (N-methyl/N-ethyl adjacent to an activating group) is 1. The summed E-state index contributed by atoms with van der Waals surface area (Å²) < 4.78 is 1.40. The molecule has 9 heteroatoms. The van der Waals surface area contributed by atoms with Crippen LogP contribution in [-0.2, 0) is 16.1 Å². The Kier molecular flexibility index (Phi) is 4.95. The molecule has 18 heavy (non-hydrogen) atoms. The summed E-state index contributed by atoms with van der Waals surface area (Å²) in [5, 5.41) is 16.3. The second kappa shape index (κ2) is 6.24. The molecule has 0 fully saturated rings. The molecule has 0 aliphatic carbocycles. The van der Waals surface area contributed by atoms with Gasteiger partial charge < -0.3 is 15.7 Å². The van der Waals surface area contributed by atoms with E-state index in [0.29, 0.717) is 11.7 Å². The molecule has 1 heterocycles. The third-order valence-corrected chi connectivity index (χ3v) is 3.22. The molecule has 0 bridgehead atoms. The van der Waals surface area contributed by atoms with Crippen molar-refractivity contribution < 1.29 is 14.7 Å². The number of hydrogen-bond acceptors (Lipinski definition) is 6. The second-order valence-corrected chi connectivity index (χ2v) is 4.46. The van der Waals surface area contributed by atoms with Gasteiger partial charge in [0.15, 0.2) is 5.16 Å². The first-order valence-corrected chi connectivity index (χ1v) is 6.21. The normalized spacial score (nSPS) is 10.3. The minimum absolute atomic E-state index is 0.00509. The van der Waals surface area contributed by atoms with Gasteiger partial charge in [-0.05, 0) is 6.92 Å². The summed E-state index contributed by atoms with van der Waals surface area (Å²) in [6.07, 6.45) is 0. The number of amides is 1. The molecule has 3 N–H and O–H groups in total. The molecule has 1 aromatic heterocycles. The third kappa shape index (κ3) is 3.62. The molecule has 1 rings (SSSR count). The van der Waals surface area contributed by atoms with E-state index in [9.17, 15) is 9.59 Å². The van der Waals surface area contributed by atoms with E-state index >= 15 is 0 Å². The van der Waals surface area contributed by atoms with Gasteiger partial charge >= 0.3 is 5.97 Å². The van der Waals surface area contributed by atoms with Crippen molar-refractivity contribution in [3.05, 3.63) is 0 Å². The van der Waals surface area contributed by atoms with E-state index in [1.165, 1.54) is 9.47 Å². The number of nitrogens with two attached hydrogens (primary N) is 1. The number of nitrogen functional groups attached to an aromatic ring is 1. The number of carboxylic acids is 1. The monoisotopic (exact) mass is 273 g/mol. The van der Waals surface area contributed by atoms with Crippen molar-refractivity contribution in [3.63, 3.8) is 0 Å². The van der Waals surface area contributed by atoms with Crippen molar-refractivity contribution in [2.75, 3.05) is 25.1 Å². The number of aromatic nitrogens is 3. The molecular weight excluding hydrogens is 258 g/mol. The van der Waals surface area contributed by atoms with Crippen LogP contribution >= 0.6 is 11.8 Å². The van der Waals surface area contributed by atoms with Crippen LogP contribution in [0, 0.1) is 0 Å². The van der Waals surface area contributed by atoms with E-state index in [1.54, 1.807) is 7.05 Å². The van der Waals surface area contributed by atoms with Gasteiger partial charge in [-0.2, -0.15) is 0 Å². The molecule has 0 aliphatic rings. The largest absolute Gasteiger partial charge is 0.481 e. The number of carbonyl (C=O) groups is 2. The Morgan fingerprint density at radius 1 is 1.50 bits per heavy atom. The molecule has 0 saturated carbocycles. The predicted molar refractivity (Wildman–Crippen MR) is 66.1 cm³/mol. The highest BCUT2D eigenvalue weighted by molar-refractivity contribution is 7.99. The van der Waals surface area contributed by atoms with Crippen LogP contribution in [-0.4, -0.2) is 56.0 Å². The molecule has 0 spiro atoms. The van der Waals surface area contributed by atoms with Gasteiger partial charge in [-0.25, -0.2) is 0 Å². The minimum Gasteiger partial charge on any atom is -0.481 e. The first kappa shape index (κ1) is 14.3.